The number of carbonyl (C=O) groups is 1. The largest absolute Gasteiger partial charge is 0.478 e. The van der Waals surface area contributed by atoms with Crippen LogP contribution in [0.3, 0.4) is 0 Å². The van der Waals surface area contributed by atoms with Crippen LogP contribution in [0.2, 0.25) is 0 Å². The summed E-state index contributed by atoms with van der Waals surface area (Å²) in [5.41, 5.74) is 1.14. The van der Waals surface area contributed by atoms with Crippen molar-refractivity contribution in [2.75, 3.05) is 5.32 Å². The third-order valence-electron chi connectivity index (χ3n) is 4.48. The zero-order valence-corrected chi connectivity index (χ0v) is 12.7. The highest BCUT2D eigenvalue weighted by molar-refractivity contribution is 5.88. The minimum atomic E-state index is -0.898. The van der Waals surface area contributed by atoms with Crippen LogP contribution in [0.1, 0.15) is 62.5 Å². The van der Waals surface area contributed by atoms with Gasteiger partial charge in [-0.05, 0) is 42.7 Å². The van der Waals surface area contributed by atoms with Crippen LogP contribution in [0.5, 0.6) is 0 Å². The Bertz CT molecular complexity index is 499. The molecule has 3 unspecified atom stereocenters. The molecular weight excluding hydrogens is 252 g/mol. The molecule has 0 aromatic carbocycles. The average Bonchev–Trinajstić information content (AvgIpc) is 2.70. The maximum absolute atomic E-state index is 11.2. The summed E-state index contributed by atoms with van der Waals surface area (Å²) < 4.78 is 0. The molecule has 20 heavy (non-hydrogen) atoms. The van der Waals surface area contributed by atoms with Gasteiger partial charge in [0, 0.05) is 11.7 Å². The molecule has 1 aliphatic rings. The Balaban J connectivity index is 2.24. The lowest BCUT2D eigenvalue weighted by Crippen LogP contribution is -2.25. The van der Waals surface area contributed by atoms with Gasteiger partial charge in [-0.3, -0.25) is 0 Å². The molecule has 0 spiro atoms. The molecule has 0 amide bonds. The fraction of sp³-hybridized carbons (Fsp3) is 0.625. The second-order valence-corrected chi connectivity index (χ2v) is 6.29. The standard InChI is InChI=1S/C16H24N2O2/c1-9(2)14-7-12(16(19)20)8-15(18-14)17-13-6-5-10(3)11(13)4/h7-11,13H,5-6H2,1-4H3,(H,17,18)(H,19,20). The van der Waals surface area contributed by atoms with Gasteiger partial charge in [-0.2, -0.15) is 0 Å². The topological polar surface area (TPSA) is 62.2 Å². The fourth-order valence-corrected chi connectivity index (χ4v) is 2.80. The monoisotopic (exact) mass is 276 g/mol. The molecule has 1 heterocycles. The normalized spacial score (nSPS) is 25.9. The van der Waals surface area contributed by atoms with Gasteiger partial charge in [-0.1, -0.05) is 27.7 Å². The van der Waals surface area contributed by atoms with E-state index in [0.29, 0.717) is 29.3 Å². The Morgan fingerprint density at radius 2 is 2.05 bits per heavy atom. The first-order valence-corrected chi connectivity index (χ1v) is 7.40. The number of rotatable bonds is 4. The molecule has 0 bridgehead atoms. The number of carboxylic acid groups (broad SMARTS) is 1. The molecule has 2 rings (SSSR count). The van der Waals surface area contributed by atoms with Crippen molar-refractivity contribution >= 4 is 11.8 Å². The molecule has 3 atom stereocenters. The van der Waals surface area contributed by atoms with Crippen molar-refractivity contribution in [3.63, 3.8) is 0 Å². The number of nitrogens with one attached hydrogen (secondary N) is 1. The Kier molecular flexibility index (Phi) is 4.31. The van der Waals surface area contributed by atoms with Crippen molar-refractivity contribution in [2.24, 2.45) is 11.8 Å². The predicted octanol–water partition coefficient (Wildman–Crippen LogP) is 3.75. The highest BCUT2D eigenvalue weighted by Gasteiger charge is 2.30. The molecule has 0 aliphatic heterocycles. The van der Waals surface area contributed by atoms with Gasteiger partial charge in [-0.15, -0.1) is 0 Å². The lowest BCUT2D eigenvalue weighted by Gasteiger charge is -2.21. The van der Waals surface area contributed by atoms with Gasteiger partial charge in [0.2, 0.25) is 0 Å². The lowest BCUT2D eigenvalue weighted by atomic mass is 9.98. The molecule has 1 aromatic heterocycles. The summed E-state index contributed by atoms with van der Waals surface area (Å²) >= 11 is 0. The Morgan fingerprint density at radius 1 is 1.35 bits per heavy atom. The van der Waals surface area contributed by atoms with E-state index in [1.807, 2.05) is 13.8 Å². The van der Waals surface area contributed by atoms with Crippen LogP contribution >= 0.6 is 0 Å². The van der Waals surface area contributed by atoms with E-state index < -0.39 is 5.97 Å². The number of nitrogens with zero attached hydrogens (tertiary/aromatic N) is 1. The van der Waals surface area contributed by atoms with E-state index in [9.17, 15) is 9.90 Å². The maximum Gasteiger partial charge on any atom is 0.335 e. The van der Waals surface area contributed by atoms with Gasteiger partial charge in [0.1, 0.15) is 5.82 Å². The van der Waals surface area contributed by atoms with Crippen molar-refractivity contribution in [2.45, 2.75) is 52.5 Å². The smallest absolute Gasteiger partial charge is 0.335 e. The number of aromatic nitrogens is 1. The van der Waals surface area contributed by atoms with Gasteiger partial charge in [-0.25, -0.2) is 9.78 Å². The number of pyridine rings is 1. The summed E-state index contributed by atoms with van der Waals surface area (Å²) in [7, 11) is 0. The maximum atomic E-state index is 11.2. The Hall–Kier alpha value is -1.58. The van der Waals surface area contributed by atoms with Crippen molar-refractivity contribution in [1.29, 1.82) is 0 Å². The summed E-state index contributed by atoms with van der Waals surface area (Å²) in [5.74, 6) is 1.31. The quantitative estimate of drug-likeness (QED) is 0.879. The summed E-state index contributed by atoms with van der Waals surface area (Å²) in [6.45, 7) is 8.57. The van der Waals surface area contributed by atoms with E-state index in [-0.39, 0.29) is 5.92 Å². The molecule has 1 aromatic rings. The van der Waals surface area contributed by atoms with E-state index >= 15 is 0 Å². The lowest BCUT2D eigenvalue weighted by molar-refractivity contribution is 0.0696. The predicted molar refractivity (Wildman–Crippen MR) is 80.3 cm³/mol. The second kappa shape index (κ2) is 5.81. The van der Waals surface area contributed by atoms with Crippen molar-refractivity contribution in [3.8, 4) is 0 Å². The molecule has 0 saturated heterocycles. The third kappa shape index (κ3) is 3.11. The zero-order chi connectivity index (χ0) is 14.9. The van der Waals surface area contributed by atoms with Crippen molar-refractivity contribution < 1.29 is 9.90 Å². The van der Waals surface area contributed by atoms with E-state index in [1.165, 1.54) is 6.42 Å². The minimum Gasteiger partial charge on any atom is -0.478 e. The molecule has 1 saturated carbocycles. The van der Waals surface area contributed by atoms with Gasteiger partial charge in [0.15, 0.2) is 0 Å². The van der Waals surface area contributed by atoms with E-state index in [0.717, 1.165) is 12.1 Å². The molecule has 4 heteroatoms. The number of hydrogen-bond donors (Lipinski definition) is 2. The van der Waals surface area contributed by atoms with Crippen molar-refractivity contribution in [3.05, 3.63) is 23.4 Å². The van der Waals surface area contributed by atoms with Crippen LogP contribution in [0, 0.1) is 11.8 Å². The SMILES string of the molecule is CC(C)c1cc(C(=O)O)cc(NC2CCC(C)C2C)n1. The molecule has 110 valence electrons. The summed E-state index contributed by atoms with van der Waals surface area (Å²) in [5, 5.41) is 12.7. The first-order chi connectivity index (χ1) is 9.38. The second-order valence-electron chi connectivity index (χ2n) is 6.29. The Labute approximate surface area is 120 Å². The average molecular weight is 276 g/mol. The van der Waals surface area contributed by atoms with Gasteiger partial charge in [0.25, 0.3) is 0 Å². The number of hydrogen-bond acceptors (Lipinski definition) is 3. The van der Waals surface area contributed by atoms with E-state index in [4.69, 9.17) is 0 Å². The number of anilines is 1. The van der Waals surface area contributed by atoms with Gasteiger partial charge in [0.05, 0.1) is 5.56 Å². The van der Waals surface area contributed by atoms with Crippen molar-refractivity contribution in [1.82, 2.24) is 4.98 Å². The van der Waals surface area contributed by atoms with Gasteiger partial charge < -0.3 is 10.4 Å². The highest BCUT2D eigenvalue weighted by atomic mass is 16.4. The van der Waals surface area contributed by atoms with E-state index in [2.05, 4.69) is 24.1 Å². The minimum absolute atomic E-state index is 0.217. The molecule has 2 N–H and O–H groups in total. The Morgan fingerprint density at radius 3 is 2.55 bits per heavy atom. The first-order valence-electron chi connectivity index (χ1n) is 7.40. The molecule has 1 fully saturated rings. The van der Waals surface area contributed by atoms with E-state index in [1.54, 1.807) is 12.1 Å². The third-order valence-corrected chi connectivity index (χ3v) is 4.48. The molecular formula is C16H24N2O2. The van der Waals surface area contributed by atoms with Crippen LogP contribution in [-0.4, -0.2) is 22.1 Å². The molecule has 0 radical (unpaired) electrons. The van der Waals surface area contributed by atoms with Crippen LogP contribution in [0.25, 0.3) is 0 Å². The molecule has 1 aliphatic carbocycles. The number of carboxylic acids is 1. The number of aromatic carboxylic acids is 1. The summed E-state index contributed by atoms with van der Waals surface area (Å²) in [4.78, 5) is 15.8. The molecule has 4 nitrogen and oxygen atoms in total. The summed E-state index contributed by atoms with van der Waals surface area (Å²) in [6.07, 6.45) is 2.34. The van der Waals surface area contributed by atoms with Crippen LogP contribution in [0.15, 0.2) is 12.1 Å². The fourth-order valence-electron chi connectivity index (χ4n) is 2.80. The van der Waals surface area contributed by atoms with Gasteiger partial charge >= 0.3 is 5.97 Å². The highest BCUT2D eigenvalue weighted by Crippen LogP contribution is 2.33. The van der Waals surface area contributed by atoms with Crippen LogP contribution < -0.4 is 5.32 Å². The van der Waals surface area contributed by atoms with Crippen LogP contribution in [0.4, 0.5) is 5.82 Å². The summed E-state index contributed by atoms with van der Waals surface area (Å²) in [6, 6.07) is 3.70. The first kappa shape index (κ1) is 14.8. The van der Waals surface area contributed by atoms with Crippen LogP contribution in [-0.2, 0) is 0 Å². The zero-order valence-electron chi connectivity index (χ0n) is 12.7.